The molecule has 5 nitrogen and oxygen atoms in total. The van der Waals surface area contributed by atoms with Crippen molar-refractivity contribution >= 4 is 29.9 Å². The predicted molar refractivity (Wildman–Crippen MR) is 112 cm³/mol. The highest BCUT2D eigenvalue weighted by molar-refractivity contribution is 14.0. The van der Waals surface area contributed by atoms with Gasteiger partial charge >= 0.3 is 0 Å². The summed E-state index contributed by atoms with van der Waals surface area (Å²) in [6, 6.07) is 6.85. The Labute approximate surface area is 163 Å². The van der Waals surface area contributed by atoms with Crippen LogP contribution in [0.3, 0.4) is 0 Å². The fourth-order valence-electron chi connectivity index (χ4n) is 2.94. The Hall–Kier alpha value is -1.02. The van der Waals surface area contributed by atoms with Crippen LogP contribution in [-0.4, -0.2) is 50.7 Å². The number of methoxy groups -OCH3 is 1. The van der Waals surface area contributed by atoms with Gasteiger partial charge in [0.1, 0.15) is 5.75 Å². The van der Waals surface area contributed by atoms with Gasteiger partial charge in [-0.3, -0.25) is 0 Å². The minimum absolute atomic E-state index is 0. The van der Waals surface area contributed by atoms with Crippen LogP contribution >= 0.6 is 24.0 Å². The molecule has 0 aliphatic carbocycles. The second kappa shape index (κ2) is 10.8. The van der Waals surface area contributed by atoms with Crippen molar-refractivity contribution in [2.45, 2.75) is 39.3 Å². The van der Waals surface area contributed by atoms with Gasteiger partial charge in [-0.05, 0) is 51.9 Å². The second-order valence-electron chi connectivity index (χ2n) is 6.17. The summed E-state index contributed by atoms with van der Waals surface area (Å²) in [6.45, 7) is 7.76. The molecule has 0 bridgehead atoms. The van der Waals surface area contributed by atoms with Crippen molar-refractivity contribution in [3.63, 3.8) is 0 Å². The summed E-state index contributed by atoms with van der Waals surface area (Å²) < 4.78 is 5.46. The normalized spacial score (nSPS) is 18.2. The van der Waals surface area contributed by atoms with Crippen LogP contribution in [0.2, 0.25) is 0 Å². The average molecular weight is 446 g/mol. The van der Waals surface area contributed by atoms with Gasteiger partial charge < -0.3 is 20.3 Å². The van der Waals surface area contributed by atoms with Crippen LogP contribution in [0.1, 0.15) is 30.9 Å². The van der Waals surface area contributed by atoms with Crippen LogP contribution in [0.25, 0.3) is 0 Å². The molecule has 24 heavy (non-hydrogen) atoms. The first-order valence-electron chi connectivity index (χ1n) is 8.50. The summed E-state index contributed by atoms with van der Waals surface area (Å²) in [7, 11) is 3.90. The van der Waals surface area contributed by atoms with Crippen LogP contribution in [0.4, 0.5) is 0 Å². The molecule has 0 amide bonds. The molecule has 6 heteroatoms. The lowest BCUT2D eigenvalue weighted by molar-refractivity contribution is 0.309. The van der Waals surface area contributed by atoms with E-state index in [1.807, 2.05) is 0 Å². The zero-order valence-corrected chi connectivity index (χ0v) is 17.6. The van der Waals surface area contributed by atoms with Crippen LogP contribution < -0.4 is 15.4 Å². The second-order valence-corrected chi connectivity index (χ2v) is 6.17. The summed E-state index contributed by atoms with van der Waals surface area (Å²) in [5.41, 5.74) is 2.30. The van der Waals surface area contributed by atoms with E-state index < -0.39 is 0 Å². The van der Waals surface area contributed by atoms with Gasteiger partial charge in [0.25, 0.3) is 0 Å². The summed E-state index contributed by atoms with van der Waals surface area (Å²) in [5, 5.41) is 6.79. The van der Waals surface area contributed by atoms with E-state index in [-0.39, 0.29) is 24.0 Å². The highest BCUT2D eigenvalue weighted by atomic mass is 127. The Morgan fingerprint density at radius 1 is 1.38 bits per heavy atom. The number of nitrogens with one attached hydrogen (secondary N) is 2. The van der Waals surface area contributed by atoms with Crippen LogP contribution in [0, 0.1) is 6.92 Å². The molecule has 1 atom stereocenters. The van der Waals surface area contributed by atoms with E-state index in [1.165, 1.54) is 24.9 Å². The first kappa shape index (κ1) is 21.0. The third kappa shape index (κ3) is 6.12. The van der Waals surface area contributed by atoms with Gasteiger partial charge in [0.15, 0.2) is 5.96 Å². The summed E-state index contributed by atoms with van der Waals surface area (Å²) in [6.07, 6.45) is 2.55. The first-order valence-corrected chi connectivity index (χ1v) is 8.50. The number of aryl methyl sites for hydroxylation is 1. The van der Waals surface area contributed by atoms with E-state index in [4.69, 9.17) is 9.73 Å². The molecule has 1 aromatic rings. The summed E-state index contributed by atoms with van der Waals surface area (Å²) in [5.74, 6) is 1.77. The molecule has 2 N–H and O–H groups in total. The van der Waals surface area contributed by atoms with Crippen molar-refractivity contribution in [3.05, 3.63) is 29.3 Å². The molecule has 0 aromatic heterocycles. The van der Waals surface area contributed by atoms with E-state index >= 15 is 0 Å². The molecule has 1 saturated heterocycles. The number of halogens is 1. The first-order chi connectivity index (χ1) is 11.1. The van der Waals surface area contributed by atoms with Crippen molar-refractivity contribution in [2.24, 2.45) is 4.99 Å². The largest absolute Gasteiger partial charge is 0.496 e. The van der Waals surface area contributed by atoms with Crippen LogP contribution in [0.15, 0.2) is 23.2 Å². The van der Waals surface area contributed by atoms with E-state index in [1.54, 1.807) is 7.11 Å². The number of rotatable bonds is 6. The number of ether oxygens (including phenoxy) is 1. The monoisotopic (exact) mass is 446 g/mol. The maximum absolute atomic E-state index is 5.46. The van der Waals surface area contributed by atoms with Gasteiger partial charge in [0, 0.05) is 24.7 Å². The van der Waals surface area contributed by atoms with Crippen molar-refractivity contribution in [2.75, 3.05) is 33.8 Å². The predicted octanol–water partition coefficient (Wildman–Crippen LogP) is 2.77. The van der Waals surface area contributed by atoms with Gasteiger partial charge in [-0.15, -0.1) is 24.0 Å². The van der Waals surface area contributed by atoms with E-state index in [0.29, 0.717) is 12.6 Å². The van der Waals surface area contributed by atoms with Crippen molar-refractivity contribution < 1.29 is 4.74 Å². The molecule has 0 radical (unpaired) electrons. The molecule has 1 aromatic carbocycles. The van der Waals surface area contributed by atoms with Crippen molar-refractivity contribution in [1.82, 2.24) is 15.5 Å². The maximum Gasteiger partial charge on any atom is 0.191 e. The standard InChI is InChI=1S/C18H30N4O.HI/c1-5-19-18(21-13-16-7-6-10-22(16)3)20-12-15-9-8-14(2)11-17(15)23-4;/h8-9,11,16H,5-7,10,12-13H2,1-4H3,(H2,19,20,21);1H. The number of aliphatic imine (C=N–C) groups is 1. The molecule has 1 aliphatic rings. The van der Waals surface area contributed by atoms with E-state index in [0.717, 1.165) is 30.4 Å². The average Bonchev–Trinajstić information content (AvgIpc) is 2.96. The Morgan fingerprint density at radius 3 is 2.79 bits per heavy atom. The number of hydrogen-bond donors (Lipinski definition) is 2. The summed E-state index contributed by atoms with van der Waals surface area (Å²) in [4.78, 5) is 7.12. The minimum atomic E-state index is 0. The smallest absolute Gasteiger partial charge is 0.191 e. The molecule has 136 valence electrons. The fourth-order valence-corrected chi connectivity index (χ4v) is 2.94. The van der Waals surface area contributed by atoms with Gasteiger partial charge in [-0.1, -0.05) is 12.1 Å². The summed E-state index contributed by atoms with van der Waals surface area (Å²) >= 11 is 0. The Kier molecular flexibility index (Phi) is 9.43. The quantitative estimate of drug-likeness (QED) is 0.401. The van der Waals surface area contributed by atoms with E-state index in [2.05, 4.69) is 54.6 Å². The number of nitrogens with zero attached hydrogens (tertiary/aromatic N) is 2. The Balaban J connectivity index is 0.00000288. The molecule has 1 fully saturated rings. The van der Waals surface area contributed by atoms with Crippen molar-refractivity contribution in [1.29, 1.82) is 0 Å². The third-order valence-electron chi connectivity index (χ3n) is 4.37. The third-order valence-corrected chi connectivity index (χ3v) is 4.37. The highest BCUT2D eigenvalue weighted by Crippen LogP contribution is 2.20. The molecular weight excluding hydrogens is 415 g/mol. The van der Waals surface area contributed by atoms with Gasteiger partial charge in [0.05, 0.1) is 13.7 Å². The molecule has 2 rings (SSSR count). The number of guanidine groups is 1. The zero-order chi connectivity index (χ0) is 16.7. The SMILES string of the molecule is CCNC(=NCc1ccc(C)cc1OC)NCC1CCCN1C.I. The minimum Gasteiger partial charge on any atom is -0.496 e. The molecular formula is C18H31IN4O. The van der Waals surface area contributed by atoms with Gasteiger partial charge in [-0.25, -0.2) is 4.99 Å². The highest BCUT2D eigenvalue weighted by Gasteiger charge is 2.20. The Bertz CT molecular complexity index is 536. The molecule has 1 heterocycles. The topological polar surface area (TPSA) is 48.9 Å². The lowest BCUT2D eigenvalue weighted by Crippen LogP contribution is -2.44. The molecule has 0 spiro atoms. The molecule has 1 unspecified atom stereocenters. The lowest BCUT2D eigenvalue weighted by Gasteiger charge is -2.21. The number of hydrogen-bond acceptors (Lipinski definition) is 3. The number of likely N-dealkylation sites (N-methyl/N-ethyl adjacent to an activating group) is 1. The fraction of sp³-hybridized carbons (Fsp3) is 0.611. The zero-order valence-electron chi connectivity index (χ0n) is 15.3. The van der Waals surface area contributed by atoms with Crippen LogP contribution in [0.5, 0.6) is 5.75 Å². The molecule has 0 saturated carbocycles. The van der Waals surface area contributed by atoms with Crippen LogP contribution in [-0.2, 0) is 6.54 Å². The van der Waals surface area contributed by atoms with Crippen molar-refractivity contribution in [3.8, 4) is 5.75 Å². The molecule has 1 aliphatic heterocycles. The maximum atomic E-state index is 5.46. The number of likely N-dealkylation sites (tertiary alicyclic amines) is 1. The van der Waals surface area contributed by atoms with Gasteiger partial charge in [-0.2, -0.15) is 0 Å². The van der Waals surface area contributed by atoms with E-state index in [9.17, 15) is 0 Å². The van der Waals surface area contributed by atoms with Gasteiger partial charge in [0.2, 0.25) is 0 Å². The Morgan fingerprint density at radius 2 is 2.17 bits per heavy atom. The lowest BCUT2D eigenvalue weighted by atomic mass is 10.1. The number of benzene rings is 1.